The molecule has 0 fully saturated rings. The van der Waals surface area contributed by atoms with Crippen LogP contribution in [0, 0.1) is 38.5 Å². The van der Waals surface area contributed by atoms with Crippen molar-refractivity contribution in [3.63, 3.8) is 0 Å². The SMILES string of the molecule is COc1ccnc(-n2c3ccccc3c3ccc(Oc4cc(C)cc(-n5nc(C)c([C@@H]6C(C)=C[C@@H](C(C)C)C[C@@H]6C)c5C)c4)cc32)c1. The standard InChI is InChI=1S/C41H44N4O2/c1-24(2)30-19-26(4)40(27(5)20-30)41-28(6)43-45(29(41)7)31-17-25(3)18-34(21-31)47-33-13-14-36-35-11-9-10-12-37(35)44(38(36)22-33)39-23-32(46-8)15-16-42-39/h9-19,21-24,27,30,40H,20H2,1-8H3/t27-,30+,40+/m0/s1. The number of ether oxygens (including phenoxy) is 2. The van der Waals surface area contributed by atoms with Crippen LogP contribution in [0.4, 0.5) is 0 Å². The van der Waals surface area contributed by atoms with Gasteiger partial charge < -0.3 is 9.47 Å². The number of rotatable bonds is 7. The molecule has 0 saturated carbocycles. The van der Waals surface area contributed by atoms with Gasteiger partial charge in [0.15, 0.2) is 0 Å². The summed E-state index contributed by atoms with van der Waals surface area (Å²) < 4.78 is 16.4. The number of hydrogen-bond donors (Lipinski definition) is 0. The predicted octanol–water partition coefficient (Wildman–Crippen LogP) is 10.4. The largest absolute Gasteiger partial charge is 0.497 e. The average molecular weight is 625 g/mol. The zero-order valence-corrected chi connectivity index (χ0v) is 28.7. The van der Waals surface area contributed by atoms with Crippen LogP contribution in [0.2, 0.25) is 0 Å². The van der Waals surface area contributed by atoms with Crippen molar-refractivity contribution in [1.82, 2.24) is 19.3 Å². The van der Waals surface area contributed by atoms with Gasteiger partial charge in [-0.2, -0.15) is 5.10 Å². The Labute approximate surface area is 277 Å². The van der Waals surface area contributed by atoms with Gasteiger partial charge in [-0.25, -0.2) is 9.67 Å². The van der Waals surface area contributed by atoms with E-state index in [0.717, 1.165) is 61.8 Å². The Balaban J connectivity index is 1.26. The molecule has 3 heterocycles. The minimum atomic E-state index is 0.386. The molecule has 0 amide bonds. The molecule has 0 N–H and O–H groups in total. The first-order valence-electron chi connectivity index (χ1n) is 16.7. The molecule has 3 atom stereocenters. The molecule has 0 bridgehead atoms. The van der Waals surface area contributed by atoms with Crippen LogP contribution in [-0.2, 0) is 0 Å². The molecule has 0 unspecified atom stereocenters. The summed E-state index contributed by atoms with van der Waals surface area (Å²) in [6.07, 6.45) is 5.51. The van der Waals surface area contributed by atoms with Gasteiger partial charge in [0, 0.05) is 52.3 Å². The predicted molar refractivity (Wildman–Crippen MR) is 192 cm³/mol. The van der Waals surface area contributed by atoms with E-state index in [-0.39, 0.29) is 0 Å². The second-order valence-corrected chi connectivity index (χ2v) is 13.7. The highest BCUT2D eigenvalue weighted by molar-refractivity contribution is 6.09. The quantitative estimate of drug-likeness (QED) is 0.166. The molecule has 3 aromatic carbocycles. The fourth-order valence-electron chi connectivity index (χ4n) is 7.81. The first-order chi connectivity index (χ1) is 22.6. The van der Waals surface area contributed by atoms with Crippen molar-refractivity contribution in [1.29, 1.82) is 0 Å². The van der Waals surface area contributed by atoms with E-state index in [2.05, 4.69) is 118 Å². The second-order valence-electron chi connectivity index (χ2n) is 13.7. The van der Waals surface area contributed by atoms with Gasteiger partial charge in [0.25, 0.3) is 0 Å². The maximum Gasteiger partial charge on any atom is 0.141 e. The first kappa shape index (κ1) is 30.8. The topological polar surface area (TPSA) is 54.1 Å². The van der Waals surface area contributed by atoms with Gasteiger partial charge in [0.2, 0.25) is 0 Å². The molecule has 240 valence electrons. The fourth-order valence-corrected chi connectivity index (χ4v) is 7.81. The molecule has 47 heavy (non-hydrogen) atoms. The monoisotopic (exact) mass is 624 g/mol. The maximum atomic E-state index is 6.61. The Morgan fingerprint density at radius 3 is 2.38 bits per heavy atom. The van der Waals surface area contributed by atoms with E-state index in [0.29, 0.717) is 23.7 Å². The number of benzene rings is 3. The van der Waals surface area contributed by atoms with E-state index in [1.54, 1.807) is 13.3 Å². The normalized spacial score (nSPS) is 18.2. The van der Waals surface area contributed by atoms with E-state index < -0.39 is 0 Å². The highest BCUT2D eigenvalue weighted by atomic mass is 16.5. The Bertz CT molecular complexity index is 2150. The number of para-hydroxylation sites is 1. The third-order valence-electron chi connectivity index (χ3n) is 10.0. The summed E-state index contributed by atoms with van der Waals surface area (Å²) in [6.45, 7) is 15.9. The Kier molecular flexibility index (Phi) is 7.91. The first-order valence-corrected chi connectivity index (χ1v) is 16.7. The van der Waals surface area contributed by atoms with E-state index in [9.17, 15) is 0 Å². The van der Waals surface area contributed by atoms with Gasteiger partial charge in [-0.05, 0) is 93.8 Å². The summed E-state index contributed by atoms with van der Waals surface area (Å²) >= 11 is 0. The molecule has 0 spiro atoms. The molecule has 1 aliphatic carbocycles. The Morgan fingerprint density at radius 1 is 0.830 bits per heavy atom. The highest BCUT2D eigenvalue weighted by Crippen LogP contribution is 2.45. The minimum absolute atomic E-state index is 0.386. The van der Waals surface area contributed by atoms with E-state index in [1.165, 1.54) is 23.3 Å². The lowest BCUT2D eigenvalue weighted by Gasteiger charge is -2.35. The van der Waals surface area contributed by atoms with Crippen LogP contribution in [-0.4, -0.2) is 26.4 Å². The second kappa shape index (κ2) is 12.1. The highest BCUT2D eigenvalue weighted by Gasteiger charge is 2.33. The minimum Gasteiger partial charge on any atom is -0.497 e. The van der Waals surface area contributed by atoms with Crippen molar-refractivity contribution in [2.75, 3.05) is 7.11 Å². The third kappa shape index (κ3) is 5.50. The summed E-state index contributed by atoms with van der Waals surface area (Å²) in [5.74, 6) is 5.34. The van der Waals surface area contributed by atoms with Crippen molar-refractivity contribution < 1.29 is 9.47 Å². The van der Waals surface area contributed by atoms with Crippen LogP contribution in [0.25, 0.3) is 33.3 Å². The Hall–Kier alpha value is -4.84. The molecule has 1 aliphatic rings. The van der Waals surface area contributed by atoms with Crippen LogP contribution in [0.5, 0.6) is 17.2 Å². The third-order valence-corrected chi connectivity index (χ3v) is 10.0. The molecule has 6 aromatic rings. The number of pyridine rings is 1. The molecule has 0 saturated heterocycles. The lowest BCUT2D eigenvalue weighted by molar-refractivity contribution is 0.317. The summed E-state index contributed by atoms with van der Waals surface area (Å²) in [4.78, 5) is 4.70. The summed E-state index contributed by atoms with van der Waals surface area (Å²) in [6, 6.07) is 24.9. The molecule has 3 aromatic heterocycles. The van der Waals surface area contributed by atoms with Gasteiger partial charge in [0.1, 0.15) is 23.1 Å². The van der Waals surface area contributed by atoms with Crippen LogP contribution >= 0.6 is 0 Å². The number of nitrogens with zero attached hydrogens (tertiary/aromatic N) is 4. The zero-order chi connectivity index (χ0) is 33.0. The van der Waals surface area contributed by atoms with Gasteiger partial charge in [0.05, 0.1) is 29.5 Å². The van der Waals surface area contributed by atoms with Crippen molar-refractivity contribution in [2.24, 2.45) is 17.8 Å². The van der Waals surface area contributed by atoms with Crippen molar-refractivity contribution in [2.45, 2.75) is 60.8 Å². The van der Waals surface area contributed by atoms with Gasteiger partial charge in [-0.1, -0.05) is 50.6 Å². The van der Waals surface area contributed by atoms with E-state index in [1.807, 2.05) is 18.2 Å². The van der Waals surface area contributed by atoms with Crippen LogP contribution < -0.4 is 9.47 Å². The van der Waals surface area contributed by atoms with Gasteiger partial charge in [-0.3, -0.25) is 4.57 Å². The molecule has 0 radical (unpaired) electrons. The number of methoxy groups -OCH3 is 1. The lowest BCUT2D eigenvalue weighted by Crippen LogP contribution is -2.24. The Morgan fingerprint density at radius 2 is 1.62 bits per heavy atom. The summed E-state index contributed by atoms with van der Waals surface area (Å²) in [5, 5.41) is 7.40. The van der Waals surface area contributed by atoms with Gasteiger partial charge >= 0.3 is 0 Å². The number of aromatic nitrogens is 4. The summed E-state index contributed by atoms with van der Waals surface area (Å²) in [5.41, 5.74) is 9.35. The van der Waals surface area contributed by atoms with Crippen LogP contribution in [0.3, 0.4) is 0 Å². The van der Waals surface area contributed by atoms with Crippen LogP contribution in [0.1, 0.15) is 62.5 Å². The van der Waals surface area contributed by atoms with E-state index in [4.69, 9.17) is 19.6 Å². The number of fused-ring (bicyclic) bond motifs is 3. The van der Waals surface area contributed by atoms with Crippen LogP contribution in [0.15, 0.2) is 90.6 Å². The smallest absolute Gasteiger partial charge is 0.141 e. The zero-order valence-electron chi connectivity index (χ0n) is 28.7. The number of allylic oxidation sites excluding steroid dienone is 2. The maximum absolute atomic E-state index is 6.61. The number of aryl methyl sites for hydroxylation is 2. The summed E-state index contributed by atoms with van der Waals surface area (Å²) in [7, 11) is 1.68. The van der Waals surface area contributed by atoms with E-state index >= 15 is 0 Å². The van der Waals surface area contributed by atoms with Gasteiger partial charge in [-0.15, -0.1) is 0 Å². The molecule has 0 aliphatic heterocycles. The molecule has 6 nitrogen and oxygen atoms in total. The van der Waals surface area contributed by atoms with Crippen molar-refractivity contribution in [3.05, 3.63) is 113 Å². The molecular weight excluding hydrogens is 580 g/mol. The molecule has 6 heteroatoms. The average Bonchev–Trinajstić information content (AvgIpc) is 3.53. The van der Waals surface area contributed by atoms with Crippen molar-refractivity contribution in [3.8, 4) is 28.8 Å². The lowest BCUT2D eigenvalue weighted by atomic mass is 9.69. The fraction of sp³-hybridized carbons (Fsp3) is 0.317. The van der Waals surface area contributed by atoms with Crippen molar-refractivity contribution >= 4 is 21.8 Å². The number of hydrogen-bond acceptors (Lipinski definition) is 4. The molecular formula is C41H44N4O2. The molecule has 7 rings (SSSR count).